The van der Waals surface area contributed by atoms with E-state index in [0.29, 0.717) is 12.2 Å². The SMILES string of the molecule is CCOC(C)C(Cc1ccc(C(F)(F)F)cc1)C(=O)O. The first-order chi connectivity index (χ1) is 9.25. The lowest BCUT2D eigenvalue weighted by atomic mass is 9.94. The van der Waals surface area contributed by atoms with Crippen LogP contribution in [0.1, 0.15) is 25.0 Å². The molecule has 0 spiro atoms. The van der Waals surface area contributed by atoms with Crippen LogP contribution >= 0.6 is 0 Å². The molecule has 0 radical (unpaired) electrons. The highest BCUT2D eigenvalue weighted by molar-refractivity contribution is 5.71. The lowest BCUT2D eigenvalue weighted by Crippen LogP contribution is -2.30. The Labute approximate surface area is 115 Å². The van der Waals surface area contributed by atoms with Gasteiger partial charge in [-0.25, -0.2) is 0 Å². The Bertz CT molecular complexity index is 440. The van der Waals surface area contributed by atoms with Crippen molar-refractivity contribution in [3.63, 3.8) is 0 Å². The zero-order chi connectivity index (χ0) is 15.3. The first-order valence-electron chi connectivity index (χ1n) is 6.26. The van der Waals surface area contributed by atoms with E-state index in [1.165, 1.54) is 12.1 Å². The molecule has 1 aromatic rings. The molecule has 0 aliphatic carbocycles. The van der Waals surface area contributed by atoms with Crippen molar-refractivity contribution in [2.75, 3.05) is 6.61 Å². The summed E-state index contributed by atoms with van der Waals surface area (Å²) < 4.78 is 42.5. The van der Waals surface area contributed by atoms with E-state index >= 15 is 0 Å². The van der Waals surface area contributed by atoms with E-state index in [1.807, 2.05) is 0 Å². The summed E-state index contributed by atoms with van der Waals surface area (Å²) in [6.07, 6.45) is -4.75. The summed E-state index contributed by atoms with van der Waals surface area (Å²) in [5.74, 6) is -1.81. The van der Waals surface area contributed by atoms with Crippen molar-refractivity contribution in [3.05, 3.63) is 35.4 Å². The zero-order valence-corrected chi connectivity index (χ0v) is 11.3. The number of ether oxygens (including phenoxy) is 1. The second-order valence-electron chi connectivity index (χ2n) is 4.50. The first-order valence-corrected chi connectivity index (χ1v) is 6.26. The molecule has 0 heterocycles. The molecular weight excluding hydrogens is 273 g/mol. The monoisotopic (exact) mass is 290 g/mol. The lowest BCUT2D eigenvalue weighted by molar-refractivity contribution is -0.146. The Morgan fingerprint density at radius 1 is 1.30 bits per heavy atom. The van der Waals surface area contributed by atoms with E-state index in [9.17, 15) is 18.0 Å². The molecule has 2 atom stereocenters. The van der Waals surface area contributed by atoms with Crippen molar-refractivity contribution in [1.29, 1.82) is 0 Å². The predicted octanol–water partition coefficient (Wildman–Crippen LogP) is 3.37. The smallest absolute Gasteiger partial charge is 0.416 e. The molecule has 1 aromatic carbocycles. The number of alkyl halides is 3. The summed E-state index contributed by atoms with van der Waals surface area (Å²) in [4.78, 5) is 11.2. The summed E-state index contributed by atoms with van der Waals surface area (Å²) in [6, 6.07) is 4.52. The van der Waals surface area contributed by atoms with Gasteiger partial charge in [0, 0.05) is 6.61 Å². The number of halogens is 3. The molecule has 0 saturated heterocycles. The minimum absolute atomic E-state index is 0.134. The molecule has 2 unspecified atom stereocenters. The molecule has 3 nitrogen and oxygen atoms in total. The van der Waals surface area contributed by atoms with E-state index in [1.54, 1.807) is 13.8 Å². The van der Waals surface area contributed by atoms with Crippen molar-refractivity contribution < 1.29 is 27.8 Å². The maximum absolute atomic E-state index is 12.4. The second-order valence-corrected chi connectivity index (χ2v) is 4.50. The van der Waals surface area contributed by atoms with Gasteiger partial charge in [-0.2, -0.15) is 13.2 Å². The third kappa shape index (κ3) is 4.52. The van der Waals surface area contributed by atoms with Crippen LogP contribution in [0.3, 0.4) is 0 Å². The lowest BCUT2D eigenvalue weighted by Gasteiger charge is -2.20. The van der Waals surface area contributed by atoms with Crippen molar-refractivity contribution in [2.45, 2.75) is 32.5 Å². The first kappa shape index (κ1) is 16.5. The number of hydrogen-bond acceptors (Lipinski definition) is 2. The zero-order valence-electron chi connectivity index (χ0n) is 11.3. The number of carboxylic acids is 1. The maximum Gasteiger partial charge on any atom is 0.416 e. The topological polar surface area (TPSA) is 46.5 Å². The molecule has 6 heteroatoms. The molecule has 1 N–H and O–H groups in total. The largest absolute Gasteiger partial charge is 0.481 e. The normalized spacial score (nSPS) is 14.8. The van der Waals surface area contributed by atoms with Gasteiger partial charge >= 0.3 is 12.1 Å². The van der Waals surface area contributed by atoms with Crippen LogP contribution in [-0.4, -0.2) is 23.8 Å². The third-order valence-corrected chi connectivity index (χ3v) is 3.05. The molecule has 0 aromatic heterocycles. The van der Waals surface area contributed by atoms with Gasteiger partial charge in [-0.3, -0.25) is 4.79 Å². The number of hydrogen-bond donors (Lipinski definition) is 1. The van der Waals surface area contributed by atoms with Gasteiger partial charge in [0.25, 0.3) is 0 Å². The maximum atomic E-state index is 12.4. The Hall–Kier alpha value is -1.56. The van der Waals surface area contributed by atoms with Crippen LogP contribution in [0.15, 0.2) is 24.3 Å². The van der Waals surface area contributed by atoms with Crippen LogP contribution in [0, 0.1) is 5.92 Å². The van der Waals surface area contributed by atoms with Crippen molar-refractivity contribution in [3.8, 4) is 0 Å². The Morgan fingerprint density at radius 2 is 1.85 bits per heavy atom. The molecule has 0 bridgehead atoms. The minimum Gasteiger partial charge on any atom is -0.481 e. The van der Waals surface area contributed by atoms with E-state index < -0.39 is 29.7 Å². The van der Waals surface area contributed by atoms with Gasteiger partial charge in [-0.15, -0.1) is 0 Å². The summed E-state index contributed by atoms with van der Waals surface area (Å²) in [5, 5.41) is 9.16. The molecule has 0 aliphatic heterocycles. The van der Waals surface area contributed by atoms with E-state index in [0.717, 1.165) is 12.1 Å². The molecule has 0 amide bonds. The van der Waals surface area contributed by atoms with Gasteiger partial charge in [0.05, 0.1) is 17.6 Å². The molecule has 20 heavy (non-hydrogen) atoms. The van der Waals surface area contributed by atoms with Gasteiger partial charge in [0.15, 0.2) is 0 Å². The fraction of sp³-hybridized carbons (Fsp3) is 0.500. The van der Waals surface area contributed by atoms with Gasteiger partial charge in [-0.1, -0.05) is 12.1 Å². The van der Waals surface area contributed by atoms with Crippen LogP contribution in [0.25, 0.3) is 0 Å². The van der Waals surface area contributed by atoms with E-state index in [2.05, 4.69) is 0 Å². The van der Waals surface area contributed by atoms with E-state index in [4.69, 9.17) is 9.84 Å². The Morgan fingerprint density at radius 3 is 2.25 bits per heavy atom. The summed E-state index contributed by atoms with van der Waals surface area (Å²) in [5.41, 5.74) is -0.206. The van der Waals surface area contributed by atoms with Gasteiger partial charge in [0.2, 0.25) is 0 Å². The van der Waals surface area contributed by atoms with Gasteiger partial charge in [-0.05, 0) is 38.0 Å². The number of carbonyl (C=O) groups is 1. The molecule has 0 saturated carbocycles. The quantitative estimate of drug-likeness (QED) is 0.873. The van der Waals surface area contributed by atoms with Crippen molar-refractivity contribution in [2.24, 2.45) is 5.92 Å². The summed E-state index contributed by atoms with van der Waals surface area (Å²) in [7, 11) is 0. The van der Waals surface area contributed by atoms with Crippen LogP contribution in [0.5, 0.6) is 0 Å². The standard InChI is InChI=1S/C14H17F3O3/c1-3-20-9(2)12(13(18)19)8-10-4-6-11(7-5-10)14(15,16)17/h4-7,9,12H,3,8H2,1-2H3,(H,18,19). The Kier molecular flexibility index (Phi) is 5.56. The van der Waals surface area contributed by atoms with Crippen LogP contribution < -0.4 is 0 Å². The van der Waals surface area contributed by atoms with Crippen LogP contribution in [0.4, 0.5) is 13.2 Å². The number of rotatable bonds is 6. The second kappa shape index (κ2) is 6.74. The van der Waals surface area contributed by atoms with Crippen molar-refractivity contribution in [1.82, 2.24) is 0 Å². The molecule has 1 rings (SSSR count). The average Bonchev–Trinajstić information content (AvgIpc) is 2.35. The number of benzene rings is 1. The fourth-order valence-corrected chi connectivity index (χ4v) is 1.92. The van der Waals surface area contributed by atoms with Gasteiger partial charge in [0.1, 0.15) is 0 Å². The third-order valence-electron chi connectivity index (χ3n) is 3.05. The highest BCUT2D eigenvalue weighted by Gasteiger charge is 2.30. The molecular formula is C14H17F3O3. The van der Waals surface area contributed by atoms with Crippen LogP contribution in [0.2, 0.25) is 0 Å². The highest BCUT2D eigenvalue weighted by Crippen LogP contribution is 2.29. The van der Waals surface area contributed by atoms with Crippen LogP contribution in [-0.2, 0) is 22.1 Å². The molecule has 112 valence electrons. The van der Waals surface area contributed by atoms with Crippen molar-refractivity contribution >= 4 is 5.97 Å². The summed E-state index contributed by atoms with van der Waals surface area (Å²) >= 11 is 0. The Balaban J connectivity index is 2.82. The molecule has 0 aliphatic rings. The number of aliphatic carboxylic acids is 1. The predicted molar refractivity (Wildman–Crippen MR) is 67.4 cm³/mol. The summed E-state index contributed by atoms with van der Waals surface area (Å²) in [6.45, 7) is 3.79. The highest BCUT2D eigenvalue weighted by atomic mass is 19.4. The fourth-order valence-electron chi connectivity index (χ4n) is 1.92. The van der Waals surface area contributed by atoms with E-state index in [-0.39, 0.29) is 6.42 Å². The minimum atomic E-state index is -4.39. The van der Waals surface area contributed by atoms with Gasteiger partial charge < -0.3 is 9.84 Å². The number of carboxylic acid groups (broad SMARTS) is 1. The average molecular weight is 290 g/mol. The molecule has 0 fully saturated rings.